The van der Waals surface area contributed by atoms with Crippen LogP contribution >= 0.6 is 11.6 Å². The number of carbonyl (C=O) groups is 1. The molecule has 1 fully saturated rings. The van der Waals surface area contributed by atoms with Gasteiger partial charge in [-0.05, 0) is 36.8 Å². The Balaban J connectivity index is 1.38. The van der Waals surface area contributed by atoms with E-state index in [1.807, 2.05) is 37.3 Å². The van der Waals surface area contributed by atoms with Gasteiger partial charge in [0.1, 0.15) is 11.5 Å². The highest BCUT2D eigenvalue weighted by Gasteiger charge is 2.34. The smallest absolute Gasteiger partial charge is 0.264 e. The molecule has 0 spiro atoms. The minimum absolute atomic E-state index is 0.0605. The Morgan fingerprint density at radius 2 is 2.07 bits per heavy atom. The van der Waals surface area contributed by atoms with Gasteiger partial charge in [-0.2, -0.15) is 4.98 Å². The maximum atomic E-state index is 12.5. The van der Waals surface area contributed by atoms with E-state index >= 15 is 0 Å². The second kappa shape index (κ2) is 8.75. The Kier molecular flexibility index (Phi) is 5.90. The van der Waals surface area contributed by atoms with E-state index < -0.39 is 0 Å². The number of para-hydroxylation sites is 1. The van der Waals surface area contributed by atoms with Gasteiger partial charge in [0.25, 0.3) is 5.89 Å². The lowest BCUT2D eigenvalue weighted by Gasteiger charge is -2.17. The summed E-state index contributed by atoms with van der Waals surface area (Å²) >= 11 is 5.97. The molecule has 8 heteroatoms. The highest BCUT2D eigenvalue weighted by Crippen LogP contribution is 2.29. The number of rotatable bonds is 7. The first-order chi connectivity index (χ1) is 14.5. The molecule has 0 N–H and O–H groups in total. The van der Waals surface area contributed by atoms with Crippen LogP contribution in [-0.2, 0) is 17.9 Å². The molecule has 2 heterocycles. The van der Waals surface area contributed by atoms with E-state index in [1.54, 1.807) is 24.1 Å². The molecule has 1 unspecified atom stereocenters. The quantitative estimate of drug-likeness (QED) is 0.564. The van der Waals surface area contributed by atoms with Gasteiger partial charge in [-0.1, -0.05) is 35.0 Å². The molecule has 1 aliphatic heterocycles. The average Bonchev–Trinajstić information content (AvgIpc) is 3.35. The normalized spacial score (nSPS) is 16.2. The van der Waals surface area contributed by atoms with Crippen molar-refractivity contribution in [1.29, 1.82) is 0 Å². The zero-order chi connectivity index (χ0) is 21.1. The van der Waals surface area contributed by atoms with Crippen LogP contribution in [0.5, 0.6) is 11.5 Å². The number of hydrogen-bond donors (Lipinski definition) is 0. The van der Waals surface area contributed by atoms with Gasteiger partial charge >= 0.3 is 0 Å². The number of ether oxygens (including phenoxy) is 2. The molecule has 1 aromatic heterocycles. The van der Waals surface area contributed by atoms with Gasteiger partial charge in [-0.3, -0.25) is 4.79 Å². The molecule has 1 amide bonds. The highest BCUT2D eigenvalue weighted by molar-refractivity contribution is 6.30. The molecule has 0 bridgehead atoms. The lowest BCUT2D eigenvalue weighted by molar-refractivity contribution is -0.128. The van der Waals surface area contributed by atoms with Crippen molar-refractivity contribution in [1.82, 2.24) is 15.0 Å². The number of aryl methyl sites for hydroxylation is 1. The average molecular weight is 428 g/mol. The molecule has 1 atom stereocenters. The van der Waals surface area contributed by atoms with E-state index in [-0.39, 0.29) is 18.4 Å². The van der Waals surface area contributed by atoms with Crippen molar-refractivity contribution >= 4 is 17.5 Å². The van der Waals surface area contributed by atoms with Crippen LogP contribution < -0.4 is 9.47 Å². The molecular weight excluding hydrogens is 406 g/mol. The largest absolute Gasteiger partial charge is 0.496 e. The molecule has 1 saturated heterocycles. The second-order valence-corrected chi connectivity index (χ2v) is 7.67. The predicted octanol–water partition coefficient (Wildman–Crippen LogP) is 4.14. The topological polar surface area (TPSA) is 77.7 Å². The number of hydrogen-bond acceptors (Lipinski definition) is 6. The predicted molar refractivity (Wildman–Crippen MR) is 111 cm³/mol. The van der Waals surface area contributed by atoms with Crippen LogP contribution in [0.2, 0.25) is 5.02 Å². The van der Waals surface area contributed by atoms with Crippen LogP contribution in [0.25, 0.3) is 0 Å². The monoisotopic (exact) mass is 427 g/mol. The first kappa shape index (κ1) is 20.2. The van der Waals surface area contributed by atoms with Gasteiger partial charge < -0.3 is 18.9 Å². The van der Waals surface area contributed by atoms with Crippen LogP contribution in [0.1, 0.15) is 35.2 Å². The fourth-order valence-electron chi connectivity index (χ4n) is 3.54. The SMILES string of the molecule is COc1ccccc1CN1CC(c2noc(COc3ccc(Cl)cc3C)n2)CC1=O. The van der Waals surface area contributed by atoms with E-state index in [4.69, 9.17) is 25.6 Å². The molecule has 4 rings (SSSR count). The summed E-state index contributed by atoms with van der Waals surface area (Å²) in [5.41, 5.74) is 1.89. The zero-order valence-electron chi connectivity index (χ0n) is 16.8. The third kappa shape index (κ3) is 4.41. The zero-order valence-corrected chi connectivity index (χ0v) is 17.6. The van der Waals surface area contributed by atoms with E-state index in [1.165, 1.54) is 0 Å². The van der Waals surface area contributed by atoms with Crippen molar-refractivity contribution in [2.45, 2.75) is 32.4 Å². The molecule has 0 saturated carbocycles. The highest BCUT2D eigenvalue weighted by atomic mass is 35.5. The molecule has 7 nitrogen and oxygen atoms in total. The summed E-state index contributed by atoms with van der Waals surface area (Å²) in [5.74, 6) is 2.32. The van der Waals surface area contributed by atoms with Gasteiger partial charge in [-0.25, -0.2) is 0 Å². The summed E-state index contributed by atoms with van der Waals surface area (Å²) in [6.07, 6.45) is 0.352. The first-order valence-electron chi connectivity index (χ1n) is 9.64. The molecule has 2 aromatic carbocycles. The number of methoxy groups -OCH3 is 1. The van der Waals surface area contributed by atoms with E-state index in [9.17, 15) is 4.79 Å². The molecule has 0 aliphatic carbocycles. The number of aromatic nitrogens is 2. The lowest BCUT2D eigenvalue weighted by atomic mass is 10.1. The third-order valence-electron chi connectivity index (χ3n) is 5.11. The Labute approximate surface area is 179 Å². The fourth-order valence-corrected chi connectivity index (χ4v) is 3.77. The van der Waals surface area contributed by atoms with Crippen molar-refractivity contribution in [3.8, 4) is 11.5 Å². The van der Waals surface area contributed by atoms with Gasteiger partial charge in [0.15, 0.2) is 12.4 Å². The summed E-state index contributed by atoms with van der Waals surface area (Å²) < 4.78 is 16.5. The Morgan fingerprint density at radius 1 is 1.23 bits per heavy atom. The Bertz CT molecular complexity index is 1050. The second-order valence-electron chi connectivity index (χ2n) is 7.23. The summed E-state index contributed by atoms with van der Waals surface area (Å²) in [6.45, 7) is 3.10. The molecule has 3 aromatic rings. The Morgan fingerprint density at radius 3 is 2.87 bits per heavy atom. The van der Waals surface area contributed by atoms with Gasteiger partial charge in [-0.15, -0.1) is 0 Å². The van der Waals surface area contributed by atoms with Crippen LogP contribution in [0, 0.1) is 6.92 Å². The molecular formula is C22H22ClN3O4. The van der Waals surface area contributed by atoms with Gasteiger partial charge in [0.05, 0.1) is 7.11 Å². The summed E-state index contributed by atoms with van der Waals surface area (Å²) in [4.78, 5) is 18.7. The van der Waals surface area contributed by atoms with Crippen molar-refractivity contribution in [3.05, 3.63) is 70.3 Å². The number of amides is 1. The van der Waals surface area contributed by atoms with Crippen LogP contribution in [0.15, 0.2) is 47.0 Å². The molecule has 0 radical (unpaired) electrons. The van der Waals surface area contributed by atoms with Crippen LogP contribution in [0.3, 0.4) is 0 Å². The number of benzene rings is 2. The van der Waals surface area contributed by atoms with Crippen LogP contribution in [0.4, 0.5) is 0 Å². The van der Waals surface area contributed by atoms with Crippen molar-refractivity contribution < 1.29 is 18.8 Å². The molecule has 156 valence electrons. The van der Waals surface area contributed by atoms with Crippen LogP contribution in [-0.4, -0.2) is 34.6 Å². The van der Waals surface area contributed by atoms with Crippen molar-refractivity contribution in [3.63, 3.8) is 0 Å². The lowest BCUT2D eigenvalue weighted by Crippen LogP contribution is -2.24. The van der Waals surface area contributed by atoms with E-state index in [0.29, 0.717) is 42.0 Å². The fraction of sp³-hybridized carbons (Fsp3) is 0.318. The summed E-state index contributed by atoms with van der Waals surface area (Å²) in [7, 11) is 1.63. The van der Waals surface area contributed by atoms with Gasteiger partial charge in [0.2, 0.25) is 5.91 Å². The number of likely N-dealkylation sites (tertiary alicyclic amines) is 1. The number of halogens is 1. The van der Waals surface area contributed by atoms with Crippen molar-refractivity contribution in [2.75, 3.05) is 13.7 Å². The maximum absolute atomic E-state index is 12.5. The minimum Gasteiger partial charge on any atom is -0.496 e. The third-order valence-corrected chi connectivity index (χ3v) is 5.34. The standard InChI is InChI=1S/C22H22ClN3O4/c1-14-9-17(23)7-8-18(14)29-13-20-24-22(25-30-20)16-10-21(27)26(12-16)11-15-5-3-4-6-19(15)28-2/h3-9,16H,10-13H2,1-2H3. The molecule has 1 aliphatic rings. The van der Waals surface area contributed by atoms with E-state index in [0.717, 1.165) is 16.9 Å². The first-order valence-corrected chi connectivity index (χ1v) is 10.0. The number of carbonyl (C=O) groups excluding carboxylic acids is 1. The summed E-state index contributed by atoms with van der Waals surface area (Å²) in [5, 5.41) is 4.72. The summed E-state index contributed by atoms with van der Waals surface area (Å²) in [6, 6.07) is 13.1. The molecule has 30 heavy (non-hydrogen) atoms. The van der Waals surface area contributed by atoms with Crippen molar-refractivity contribution in [2.24, 2.45) is 0 Å². The Hall–Kier alpha value is -3.06. The minimum atomic E-state index is -0.109. The maximum Gasteiger partial charge on any atom is 0.264 e. The van der Waals surface area contributed by atoms with Gasteiger partial charge in [0, 0.05) is 36.0 Å². The number of nitrogens with zero attached hydrogens (tertiary/aromatic N) is 3. The van der Waals surface area contributed by atoms with E-state index in [2.05, 4.69) is 10.1 Å².